The molecule has 0 aliphatic carbocycles. The predicted octanol–water partition coefficient (Wildman–Crippen LogP) is 2.86. The van der Waals surface area contributed by atoms with E-state index in [1.54, 1.807) is 10.7 Å². The molecule has 0 aliphatic heterocycles. The van der Waals surface area contributed by atoms with E-state index < -0.39 is 0 Å². The first-order chi connectivity index (χ1) is 9.10. The third-order valence-electron chi connectivity index (χ3n) is 3.02. The summed E-state index contributed by atoms with van der Waals surface area (Å²) < 4.78 is 1.79. The lowest BCUT2D eigenvalue weighted by Gasteiger charge is -2.17. The number of rotatable bonds is 5. The van der Waals surface area contributed by atoms with Gasteiger partial charge in [0.1, 0.15) is 0 Å². The number of aromatic nitrogens is 2. The van der Waals surface area contributed by atoms with Crippen LogP contribution in [0, 0.1) is 0 Å². The first kappa shape index (κ1) is 14.3. The van der Waals surface area contributed by atoms with Gasteiger partial charge in [0.2, 0.25) is 0 Å². The highest BCUT2D eigenvalue weighted by atomic mass is 35.5. The van der Waals surface area contributed by atoms with Crippen LogP contribution in [0.4, 0.5) is 0 Å². The molecule has 2 rings (SSSR count). The lowest BCUT2D eigenvalue weighted by atomic mass is 10.0. The molecular formula is C13H16Cl2N4. The molecule has 1 atom stereocenters. The Hall–Kier alpha value is -1.07. The van der Waals surface area contributed by atoms with Crippen LogP contribution in [0.2, 0.25) is 10.0 Å². The average Bonchev–Trinajstić information content (AvgIpc) is 2.78. The highest BCUT2D eigenvalue weighted by Crippen LogP contribution is 2.28. The van der Waals surface area contributed by atoms with Gasteiger partial charge >= 0.3 is 0 Å². The lowest BCUT2D eigenvalue weighted by molar-refractivity contribution is 0.516. The van der Waals surface area contributed by atoms with E-state index in [1.807, 2.05) is 31.6 Å². The van der Waals surface area contributed by atoms with E-state index in [0.29, 0.717) is 10.0 Å². The van der Waals surface area contributed by atoms with Gasteiger partial charge < -0.3 is 0 Å². The molecule has 19 heavy (non-hydrogen) atoms. The molecule has 3 N–H and O–H groups in total. The number of nitrogens with zero attached hydrogens (tertiary/aromatic N) is 2. The Morgan fingerprint density at radius 1 is 1.42 bits per heavy atom. The minimum Gasteiger partial charge on any atom is -0.276 e. The molecule has 0 saturated carbocycles. The zero-order chi connectivity index (χ0) is 13.8. The fraction of sp³-hybridized carbons (Fsp3) is 0.308. The van der Waals surface area contributed by atoms with E-state index in [2.05, 4.69) is 10.5 Å². The highest BCUT2D eigenvalue weighted by Gasteiger charge is 2.14. The van der Waals surface area contributed by atoms with Crippen molar-refractivity contribution in [2.24, 2.45) is 12.9 Å². The van der Waals surface area contributed by atoms with Crippen molar-refractivity contribution >= 4 is 23.2 Å². The highest BCUT2D eigenvalue weighted by molar-refractivity contribution is 6.35. The maximum atomic E-state index is 6.19. The van der Waals surface area contributed by atoms with Gasteiger partial charge in [0.05, 0.1) is 6.20 Å². The number of aryl methyl sites for hydroxylation is 2. The summed E-state index contributed by atoms with van der Waals surface area (Å²) in [7, 11) is 1.90. The number of hydrogen-bond donors (Lipinski definition) is 2. The van der Waals surface area contributed by atoms with Crippen LogP contribution < -0.4 is 11.3 Å². The van der Waals surface area contributed by atoms with Crippen LogP contribution in [0.25, 0.3) is 0 Å². The number of hydrazine groups is 1. The number of benzene rings is 1. The van der Waals surface area contributed by atoms with Crippen LogP contribution in [0.1, 0.15) is 23.6 Å². The molecule has 1 unspecified atom stereocenters. The van der Waals surface area contributed by atoms with Crippen molar-refractivity contribution in [2.75, 3.05) is 0 Å². The van der Waals surface area contributed by atoms with Crippen molar-refractivity contribution in [1.82, 2.24) is 15.2 Å². The van der Waals surface area contributed by atoms with Gasteiger partial charge in [-0.1, -0.05) is 29.3 Å². The number of nitrogens with one attached hydrogen (secondary N) is 1. The van der Waals surface area contributed by atoms with Crippen molar-refractivity contribution < 1.29 is 0 Å². The van der Waals surface area contributed by atoms with Crippen molar-refractivity contribution in [3.63, 3.8) is 0 Å². The molecule has 0 saturated heterocycles. The molecule has 0 spiro atoms. The molecule has 1 aromatic heterocycles. The first-order valence-corrected chi connectivity index (χ1v) is 6.74. The second kappa shape index (κ2) is 6.39. The van der Waals surface area contributed by atoms with Gasteiger partial charge in [0, 0.05) is 29.3 Å². The maximum absolute atomic E-state index is 6.19. The van der Waals surface area contributed by atoms with Crippen LogP contribution in [-0.4, -0.2) is 9.78 Å². The smallest absolute Gasteiger partial charge is 0.0521 e. The van der Waals surface area contributed by atoms with Crippen LogP contribution in [0.5, 0.6) is 0 Å². The van der Waals surface area contributed by atoms with E-state index >= 15 is 0 Å². The second-order valence-corrected chi connectivity index (χ2v) is 5.29. The van der Waals surface area contributed by atoms with E-state index in [-0.39, 0.29) is 6.04 Å². The standard InChI is InChI=1S/C13H16Cl2N4/c1-19-8-9(7-17-19)2-5-13(18-16)11-4-3-10(14)6-12(11)15/h3-4,6-8,13,18H,2,5,16H2,1H3. The summed E-state index contributed by atoms with van der Waals surface area (Å²) in [4.78, 5) is 0. The van der Waals surface area contributed by atoms with Gasteiger partial charge in [-0.3, -0.25) is 16.0 Å². The van der Waals surface area contributed by atoms with E-state index in [4.69, 9.17) is 29.0 Å². The normalized spacial score (nSPS) is 12.6. The van der Waals surface area contributed by atoms with Crippen LogP contribution in [0.3, 0.4) is 0 Å². The van der Waals surface area contributed by atoms with Crippen LogP contribution in [-0.2, 0) is 13.5 Å². The zero-order valence-corrected chi connectivity index (χ0v) is 12.1. The van der Waals surface area contributed by atoms with Gasteiger partial charge in [-0.25, -0.2) is 0 Å². The average molecular weight is 299 g/mol. The monoisotopic (exact) mass is 298 g/mol. The largest absolute Gasteiger partial charge is 0.276 e. The fourth-order valence-electron chi connectivity index (χ4n) is 2.02. The molecule has 1 heterocycles. The minimum absolute atomic E-state index is 0.00928. The molecule has 0 bridgehead atoms. The molecule has 1 aromatic carbocycles. The Kier molecular flexibility index (Phi) is 4.82. The molecule has 0 amide bonds. The molecular weight excluding hydrogens is 283 g/mol. The predicted molar refractivity (Wildman–Crippen MR) is 78.1 cm³/mol. The number of nitrogens with two attached hydrogens (primary N) is 1. The summed E-state index contributed by atoms with van der Waals surface area (Å²) in [6.45, 7) is 0. The van der Waals surface area contributed by atoms with E-state index in [9.17, 15) is 0 Å². The maximum Gasteiger partial charge on any atom is 0.0521 e. The molecule has 0 radical (unpaired) electrons. The van der Waals surface area contributed by atoms with E-state index in [0.717, 1.165) is 18.4 Å². The number of halogens is 2. The summed E-state index contributed by atoms with van der Waals surface area (Å²) in [5, 5.41) is 5.39. The van der Waals surface area contributed by atoms with E-state index in [1.165, 1.54) is 5.56 Å². The molecule has 6 heteroatoms. The topological polar surface area (TPSA) is 55.9 Å². The summed E-state index contributed by atoms with van der Waals surface area (Å²) in [6.07, 6.45) is 5.57. The Morgan fingerprint density at radius 3 is 2.79 bits per heavy atom. The van der Waals surface area contributed by atoms with Gasteiger partial charge in [-0.2, -0.15) is 5.10 Å². The van der Waals surface area contributed by atoms with Gasteiger partial charge in [0.25, 0.3) is 0 Å². The van der Waals surface area contributed by atoms with Crippen molar-refractivity contribution in [1.29, 1.82) is 0 Å². The molecule has 0 aliphatic rings. The van der Waals surface area contributed by atoms with Crippen molar-refractivity contribution in [2.45, 2.75) is 18.9 Å². The van der Waals surface area contributed by atoms with Crippen LogP contribution >= 0.6 is 23.2 Å². The second-order valence-electron chi connectivity index (χ2n) is 4.45. The summed E-state index contributed by atoms with van der Waals surface area (Å²) in [5.41, 5.74) is 4.93. The third-order valence-corrected chi connectivity index (χ3v) is 3.58. The van der Waals surface area contributed by atoms with Gasteiger partial charge in [-0.15, -0.1) is 0 Å². The summed E-state index contributed by atoms with van der Waals surface area (Å²) in [6, 6.07) is 5.44. The van der Waals surface area contributed by atoms with Crippen molar-refractivity contribution in [3.05, 3.63) is 51.8 Å². The Labute approximate surface area is 122 Å². The third kappa shape index (κ3) is 3.70. The van der Waals surface area contributed by atoms with Crippen molar-refractivity contribution in [3.8, 4) is 0 Å². The SMILES string of the molecule is Cn1cc(CCC(NN)c2ccc(Cl)cc2Cl)cn1. The minimum atomic E-state index is -0.00928. The summed E-state index contributed by atoms with van der Waals surface area (Å²) in [5.74, 6) is 5.62. The molecule has 102 valence electrons. The molecule has 2 aromatic rings. The lowest BCUT2D eigenvalue weighted by Crippen LogP contribution is -2.28. The Morgan fingerprint density at radius 2 is 2.21 bits per heavy atom. The molecule has 4 nitrogen and oxygen atoms in total. The fourth-order valence-corrected chi connectivity index (χ4v) is 2.56. The zero-order valence-electron chi connectivity index (χ0n) is 10.6. The Balaban J connectivity index is 2.07. The Bertz CT molecular complexity index is 553. The van der Waals surface area contributed by atoms with Gasteiger partial charge in [-0.05, 0) is 36.1 Å². The van der Waals surface area contributed by atoms with Crippen LogP contribution in [0.15, 0.2) is 30.6 Å². The summed E-state index contributed by atoms with van der Waals surface area (Å²) >= 11 is 12.1. The van der Waals surface area contributed by atoms with Gasteiger partial charge in [0.15, 0.2) is 0 Å². The number of hydrogen-bond acceptors (Lipinski definition) is 3. The molecule has 0 fully saturated rings. The quantitative estimate of drug-likeness (QED) is 0.659. The first-order valence-electron chi connectivity index (χ1n) is 5.98.